The zero-order valence-electron chi connectivity index (χ0n) is 19.5. The van der Waals surface area contributed by atoms with Gasteiger partial charge in [-0.25, -0.2) is 4.39 Å². The molecule has 4 rings (SSSR count). The number of aryl methyl sites for hydroxylation is 3. The van der Waals surface area contributed by atoms with Crippen molar-refractivity contribution in [1.29, 1.82) is 0 Å². The summed E-state index contributed by atoms with van der Waals surface area (Å²) < 4.78 is 15.3. The van der Waals surface area contributed by atoms with Crippen molar-refractivity contribution in [2.75, 3.05) is 16.4 Å². The summed E-state index contributed by atoms with van der Waals surface area (Å²) in [5, 5.41) is 14.5. The van der Waals surface area contributed by atoms with Gasteiger partial charge in [-0.05, 0) is 74.4 Å². The third kappa shape index (κ3) is 5.93. The van der Waals surface area contributed by atoms with Gasteiger partial charge in [0.05, 0.1) is 11.4 Å². The largest absolute Gasteiger partial charge is 0.325 e. The molecule has 4 aromatic rings. The van der Waals surface area contributed by atoms with Crippen molar-refractivity contribution in [2.24, 2.45) is 0 Å². The fourth-order valence-electron chi connectivity index (χ4n) is 3.51. The third-order valence-corrected chi connectivity index (χ3v) is 6.15. The highest BCUT2D eigenvalue weighted by Gasteiger charge is 2.16. The lowest BCUT2D eigenvalue weighted by Crippen LogP contribution is -2.16. The quantitative estimate of drug-likeness (QED) is 0.343. The Labute approximate surface area is 206 Å². The monoisotopic (exact) mass is 489 g/mol. The van der Waals surface area contributed by atoms with Crippen LogP contribution in [0.5, 0.6) is 0 Å². The zero-order valence-corrected chi connectivity index (χ0v) is 20.3. The van der Waals surface area contributed by atoms with Crippen molar-refractivity contribution in [2.45, 2.75) is 25.9 Å². The Balaban J connectivity index is 1.41. The van der Waals surface area contributed by atoms with Crippen molar-refractivity contribution < 1.29 is 14.0 Å². The predicted molar refractivity (Wildman–Crippen MR) is 136 cm³/mol. The van der Waals surface area contributed by atoms with Crippen LogP contribution in [-0.2, 0) is 4.79 Å². The van der Waals surface area contributed by atoms with Crippen LogP contribution < -0.4 is 10.6 Å². The van der Waals surface area contributed by atoms with Crippen molar-refractivity contribution in [3.63, 3.8) is 0 Å². The average Bonchev–Trinajstić information content (AvgIpc) is 3.19. The van der Waals surface area contributed by atoms with Gasteiger partial charge >= 0.3 is 0 Å². The molecule has 0 radical (unpaired) electrons. The summed E-state index contributed by atoms with van der Waals surface area (Å²) in [7, 11) is 0. The molecule has 0 saturated carbocycles. The fraction of sp³-hybridized carbons (Fsp3) is 0.154. The standard InChI is InChI=1S/C26H24FN5O2S/c1-16-10-11-17(2)23(12-16)32-18(3)30-31-26(32)35-15-24(33)28-21-8-4-6-19(13-21)25(34)29-22-9-5-7-20(27)14-22/h4-14H,15H2,1-3H3,(H,28,33)(H,29,34). The number of anilines is 2. The van der Waals surface area contributed by atoms with Crippen molar-refractivity contribution >= 4 is 35.0 Å². The summed E-state index contributed by atoms with van der Waals surface area (Å²) in [5.41, 5.74) is 4.35. The summed E-state index contributed by atoms with van der Waals surface area (Å²) in [5.74, 6) is -0.240. The fourth-order valence-corrected chi connectivity index (χ4v) is 4.30. The number of carbonyl (C=O) groups is 2. The van der Waals surface area contributed by atoms with Crippen LogP contribution in [0.4, 0.5) is 15.8 Å². The topological polar surface area (TPSA) is 88.9 Å². The molecule has 0 atom stereocenters. The number of nitrogens with zero attached hydrogens (tertiary/aromatic N) is 3. The van der Waals surface area contributed by atoms with Crippen LogP contribution in [-0.4, -0.2) is 32.3 Å². The maximum atomic E-state index is 13.4. The van der Waals surface area contributed by atoms with Crippen molar-refractivity contribution in [3.05, 3.63) is 95.1 Å². The number of benzene rings is 3. The summed E-state index contributed by atoms with van der Waals surface area (Å²) >= 11 is 1.28. The minimum absolute atomic E-state index is 0.114. The summed E-state index contributed by atoms with van der Waals surface area (Å²) in [4.78, 5) is 25.2. The lowest BCUT2D eigenvalue weighted by molar-refractivity contribution is -0.113. The molecule has 3 aromatic carbocycles. The number of nitrogens with one attached hydrogen (secondary N) is 2. The highest BCUT2D eigenvalue weighted by atomic mass is 32.2. The van der Waals surface area contributed by atoms with Gasteiger partial charge in [0.2, 0.25) is 5.91 Å². The van der Waals surface area contributed by atoms with Crippen LogP contribution in [0, 0.1) is 26.6 Å². The number of hydrogen-bond donors (Lipinski definition) is 2. The van der Waals surface area contributed by atoms with Gasteiger partial charge in [0.1, 0.15) is 11.6 Å². The number of aromatic nitrogens is 3. The maximum Gasteiger partial charge on any atom is 0.255 e. The Morgan fingerprint density at radius 1 is 0.914 bits per heavy atom. The number of hydrogen-bond acceptors (Lipinski definition) is 5. The molecule has 2 amide bonds. The molecule has 0 fully saturated rings. The first kappa shape index (κ1) is 24.2. The molecule has 0 aliphatic heterocycles. The van der Waals surface area contributed by atoms with E-state index in [0.717, 1.165) is 22.6 Å². The molecule has 1 aromatic heterocycles. The Morgan fingerprint density at radius 3 is 2.43 bits per heavy atom. The minimum Gasteiger partial charge on any atom is -0.325 e. The average molecular weight is 490 g/mol. The van der Waals surface area contributed by atoms with E-state index in [2.05, 4.69) is 26.9 Å². The van der Waals surface area contributed by atoms with Gasteiger partial charge in [-0.15, -0.1) is 10.2 Å². The first-order valence-corrected chi connectivity index (χ1v) is 11.9. The zero-order chi connectivity index (χ0) is 24.9. The number of carbonyl (C=O) groups excluding carboxylic acids is 2. The van der Waals surface area contributed by atoms with E-state index in [4.69, 9.17) is 0 Å². The van der Waals surface area contributed by atoms with E-state index in [1.807, 2.05) is 37.5 Å². The van der Waals surface area contributed by atoms with Crippen molar-refractivity contribution in [3.8, 4) is 5.69 Å². The van der Waals surface area contributed by atoms with Gasteiger partial charge in [-0.1, -0.05) is 36.0 Å². The second kappa shape index (κ2) is 10.5. The van der Waals surface area contributed by atoms with E-state index >= 15 is 0 Å². The highest BCUT2D eigenvalue weighted by molar-refractivity contribution is 7.99. The molecule has 1 heterocycles. The Kier molecular flexibility index (Phi) is 7.26. The van der Waals surface area contributed by atoms with E-state index in [9.17, 15) is 14.0 Å². The van der Waals surface area contributed by atoms with Crippen LogP contribution >= 0.6 is 11.8 Å². The molecular weight excluding hydrogens is 465 g/mol. The maximum absolute atomic E-state index is 13.4. The molecule has 0 saturated heterocycles. The smallest absolute Gasteiger partial charge is 0.255 e. The third-order valence-electron chi connectivity index (χ3n) is 5.22. The van der Waals surface area contributed by atoms with E-state index in [1.165, 1.54) is 30.0 Å². The van der Waals surface area contributed by atoms with Crippen LogP contribution in [0.1, 0.15) is 27.3 Å². The lowest BCUT2D eigenvalue weighted by Gasteiger charge is -2.12. The van der Waals surface area contributed by atoms with Gasteiger partial charge in [-0.2, -0.15) is 0 Å². The molecule has 7 nitrogen and oxygen atoms in total. The molecule has 35 heavy (non-hydrogen) atoms. The molecule has 178 valence electrons. The molecule has 0 spiro atoms. The SMILES string of the molecule is Cc1ccc(C)c(-n2c(C)nnc2SCC(=O)Nc2cccc(C(=O)Nc3cccc(F)c3)c2)c1. The van der Waals surface area contributed by atoms with Gasteiger partial charge < -0.3 is 10.6 Å². The molecule has 0 bridgehead atoms. The van der Waals surface area contributed by atoms with Crippen LogP contribution in [0.15, 0.2) is 71.9 Å². The van der Waals surface area contributed by atoms with Gasteiger partial charge in [0, 0.05) is 16.9 Å². The van der Waals surface area contributed by atoms with Crippen LogP contribution in [0.3, 0.4) is 0 Å². The molecule has 9 heteroatoms. The Hall–Kier alpha value is -3.98. The van der Waals surface area contributed by atoms with E-state index in [1.54, 1.807) is 30.3 Å². The van der Waals surface area contributed by atoms with E-state index in [0.29, 0.717) is 22.1 Å². The van der Waals surface area contributed by atoms with Crippen LogP contribution in [0.2, 0.25) is 0 Å². The van der Waals surface area contributed by atoms with Crippen molar-refractivity contribution in [1.82, 2.24) is 14.8 Å². The van der Waals surface area contributed by atoms with Crippen LogP contribution in [0.25, 0.3) is 5.69 Å². The summed E-state index contributed by atoms with van der Waals surface area (Å²) in [6.45, 7) is 5.92. The number of rotatable bonds is 7. The minimum atomic E-state index is -0.440. The Bertz CT molecular complexity index is 1400. The second-order valence-corrected chi connectivity index (χ2v) is 8.98. The van der Waals surface area contributed by atoms with E-state index in [-0.39, 0.29) is 11.7 Å². The molecule has 0 aliphatic rings. The van der Waals surface area contributed by atoms with Gasteiger partial charge in [-0.3, -0.25) is 14.2 Å². The number of halogens is 1. The summed E-state index contributed by atoms with van der Waals surface area (Å²) in [6, 6.07) is 18.4. The predicted octanol–water partition coefficient (Wildman–Crippen LogP) is 5.31. The number of amides is 2. The van der Waals surface area contributed by atoms with Gasteiger partial charge in [0.15, 0.2) is 5.16 Å². The first-order valence-electron chi connectivity index (χ1n) is 10.9. The Morgan fingerprint density at radius 2 is 1.66 bits per heavy atom. The molecule has 0 aliphatic carbocycles. The lowest BCUT2D eigenvalue weighted by atomic mass is 10.1. The normalized spacial score (nSPS) is 10.7. The first-order chi connectivity index (χ1) is 16.8. The molecular formula is C26H24FN5O2S. The molecule has 2 N–H and O–H groups in total. The molecule has 0 unspecified atom stereocenters. The van der Waals surface area contributed by atoms with Gasteiger partial charge in [0.25, 0.3) is 5.91 Å². The second-order valence-electron chi connectivity index (χ2n) is 8.04. The summed E-state index contributed by atoms with van der Waals surface area (Å²) in [6.07, 6.45) is 0. The highest BCUT2D eigenvalue weighted by Crippen LogP contribution is 2.25. The van der Waals surface area contributed by atoms with E-state index < -0.39 is 11.7 Å². The number of thioether (sulfide) groups is 1.